The molecular formula is C17H9F5N6O2S. The normalized spacial score (nSPS) is 11.9. The van der Waals surface area contributed by atoms with E-state index in [-0.39, 0.29) is 16.7 Å². The third-order valence-electron chi connectivity index (χ3n) is 4.09. The number of aromatic nitrogens is 6. The van der Waals surface area contributed by atoms with Gasteiger partial charge in [-0.1, -0.05) is 23.9 Å². The average molecular weight is 456 g/mol. The van der Waals surface area contributed by atoms with Crippen molar-refractivity contribution in [2.24, 2.45) is 0 Å². The fraction of sp³-hybridized carbons (Fsp3) is 0.118. The van der Waals surface area contributed by atoms with Crippen LogP contribution in [0.4, 0.5) is 22.0 Å². The van der Waals surface area contributed by atoms with E-state index in [0.29, 0.717) is 5.56 Å². The maximum absolute atomic E-state index is 14.0. The maximum Gasteiger partial charge on any atom is 0.416 e. The molecule has 0 unspecified atom stereocenters. The first-order valence-corrected chi connectivity index (χ1v) is 9.35. The van der Waals surface area contributed by atoms with Gasteiger partial charge >= 0.3 is 11.7 Å². The molecule has 3 aromatic heterocycles. The summed E-state index contributed by atoms with van der Waals surface area (Å²) >= 11 is 0.890. The Bertz CT molecular complexity index is 1390. The van der Waals surface area contributed by atoms with E-state index in [1.165, 1.54) is 12.1 Å². The lowest BCUT2D eigenvalue weighted by molar-refractivity contribution is -0.137. The number of halogens is 5. The molecule has 0 spiro atoms. The first-order valence-electron chi connectivity index (χ1n) is 8.36. The van der Waals surface area contributed by atoms with Crippen LogP contribution in [0.2, 0.25) is 0 Å². The number of H-pyrrole nitrogens is 1. The van der Waals surface area contributed by atoms with Crippen LogP contribution in [0.15, 0.2) is 51.4 Å². The second kappa shape index (κ2) is 7.61. The van der Waals surface area contributed by atoms with Crippen molar-refractivity contribution in [3.63, 3.8) is 0 Å². The summed E-state index contributed by atoms with van der Waals surface area (Å²) < 4.78 is 67.3. The number of hydrogen-bond donors (Lipinski definition) is 1. The highest BCUT2D eigenvalue weighted by Crippen LogP contribution is 2.30. The van der Waals surface area contributed by atoms with Gasteiger partial charge in [-0.15, -0.1) is 9.73 Å². The molecule has 4 aromatic rings. The molecule has 14 heteroatoms. The number of aromatic amines is 1. The molecule has 1 aromatic carbocycles. The third-order valence-corrected chi connectivity index (χ3v) is 5.09. The topological polar surface area (TPSA) is 97.9 Å². The number of benzene rings is 1. The van der Waals surface area contributed by atoms with Crippen molar-refractivity contribution >= 4 is 17.3 Å². The van der Waals surface area contributed by atoms with Crippen LogP contribution in [0, 0.1) is 11.8 Å². The molecule has 0 aliphatic heterocycles. The van der Waals surface area contributed by atoms with Gasteiger partial charge in [0.1, 0.15) is 0 Å². The standard InChI is InChI=1S/C17H9F5N6O2S/c18-10-5-24-28-12(10)15(30)27(11-6-23-14(29)13(19)25-11)16(26-28)31-7-8-1-3-9(4-2-8)17(20,21)22/h1-6H,7H2,(H,23,29). The lowest BCUT2D eigenvalue weighted by Gasteiger charge is -2.11. The molecule has 0 radical (unpaired) electrons. The van der Waals surface area contributed by atoms with Gasteiger partial charge in [0.25, 0.3) is 11.5 Å². The van der Waals surface area contributed by atoms with Crippen molar-refractivity contribution in [3.05, 3.63) is 80.3 Å². The van der Waals surface area contributed by atoms with Crippen molar-refractivity contribution in [2.75, 3.05) is 0 Å². The minimum Gasteiger partial charge on any atom is -0.321 e. The molecule has 8 nitrogen and oxygen atoms in total. The quantitative estimate of drug-likeness (QED) is 0.375. The van der Waals surface area contributed by atoms with Gasteiger partial charge in [0.15, 0.2) is 22.3 Å². The van der Waals surface area contributed by atoms with Gasteiger partial charge in [0.05, 0.1) is 11.8 Å². The van der Waals surface area contributed by atoms with Gasteiger partial charge in [-0.2, -0.15) is 27.6 Å². The molecule has 0 bridgehead atoms. The Morgan fingerprint density at radius 2 is 1.81 bits per heavy atom. The summed E-state index contributed by atoms with van der Waals surface area (Å²) in [4.78, 5) is 29.5. The fourth-order valence-electron chi connectivity index (χ4n) is 2.62. The number of alkyl halides is 3. The summed E-state index contributed by atoms with van der Waals surface area (Å²) in [6, 6.07) is 4.31. The van der Waals surface area contributed by atoms with Crippen molar-refractivity contribution < 1.29 is 22.0 Å². The van der Waals surface area contributed by atoms with Crippen LogP contribution in [-0.4, -0.2) is 29.4 Å². The summed E-state index contributed by atoms with van der Waals surface area (Å²) in [5.41, 5.74) is -2.99. The highest BCUT2D eigenvalue weighted by Gasteiger charge is 2.30. The molecule has 0 fully saturated rings. The van der Waals surface area contributed by atoms with E-state index in [2.05, 4.69) is 20.2 Å². The lowest BCUT2D eigenvalue weighted by atomic mass is 10.1. The predicted octanol–water partition coefficient (Wildman–Crippen LogP) is 2.55. The van der Waals surface area contributed by atoms with Gasteiger partial charge in [0, 0.05) is 11.9 Å². The van der Waals surface area contributed by atoms with Crippen molar-refractivity contribution in [1.29, 1.82) is 0 Å². The first kappa shape index (κ1) is 20.7. The minimum atomic E-state index is -4.48. The number of nitrogens with zero attached hydrogens (tertiary/aromatic N) is 5. The minimum absolute atomic E-state index is 0.0612. The second-order valence-electron chi connectivity index (χ2n) is 6.12. The SMILES string of the molecule is O=c1[nH]cc(-n2c(SCc3ccc(C(F)(F)F)cc3)nn3ncc(F)c3c2=O)nc1F. The van der Waals surface area contributed by atoms with E-state index in [1.54, 1.807) is 0 Å². The van der Waals surface area contributed by atoms with E-state index in [1.807, 2.05) is 0 Å². The monoisotopic (exact) mass is 456 g/mol. The maximum atomic E-state index is 14.0. The van der Waals surface area contributed by atoms with Crippen LogP contribution in [0.25, 0.3) is 11.3 Å². The van der Waals surface area contributed by atoms with Gasteiger partial charge < -0.3 is 4.98 Å². The summed E-state index contributed by atoms with van der Waals surface area (Å²) in [5.74, 6) is -2.70. The number of nitrogens with one attached hydrogen (secondary N) is 1. The van der Waals surface area contributed by atoms with E-state index < -0.39 is 40.1 Å². The predicted molar refractivity (Wildman–Crippen MR) is 97.9 cm³/mol. The smallest absolute Gasteiger partial charge is 0.321 e. The van der Waals surface area contributed by atoms with Crippen molar-refractivity contribution in [2.45, 2.75) is 17.1 Å². The zero-order valence-corrected chi connectivity index (χ0v) is 15.8. The van der Waals surface area contributed by atoms with Crippen LogP contribution in [0.5, 0.6) is 0 Å². The molecule has 0 atom stereocenters. The van der Waals surface area contributed by atoms with Gasteiger partial charge in [-0.05, 0) is 17.7 Å². The molecule has 160 valence electrons. The van der Waals surface area contributed by atoms with Gasteiger partial charge in [-0.25, -0.2) is 8.96 Å². The van der Waals surface area contributed by atoms with E-state index >= 15 is 0 Å². The molecule has 1 N–H and O–H groups in total. The molecule has 0 saturated carbocycles. The molecule has 0 aliphatic rings. The van der Waals surface area contributed by atoms with Gasteiger partial charge in [-0.3, -0.25) is 9.59 Å². The summed E-state index contributed by atoms with van der Waals surface area (Å²) in [7, 11) is 0. The Labute approximate surface area is 172 Å². The molecule has 31 heavy (non-hydrogen) atoms. The summed E-state index contributed by atoms with van der Waals surface area (Å²) in [5, 5.41) is 7.53. The van der Waals surface area contributed by atoms with Crippen molar-refractivity contribution in [3.8, 4) is 5.82 Å². The summed E-state index contributed by atoms with van der Waals surface area (Å²) in [6.07, 6.45) is -2.77. The molecule has 0 aliphatic carbocycles. The highest BCUT2D eigenvalue weighted by atomic mass is 32.2. The summed E-state index contributed by atoms with van der Waals surface area (Å²) in [6.45, 7) is 0. The number of fused-ring (bicyclic) bond motifs is 1. The van der Waals surface area contributed by atoms with Crippen LogP contribution in [0.3, 0.4) is 0 Å². The Balaban J connectivity index is 1.77. The van der Waals surface area contributed by atoms with Crippen LogP contribution >= 0.6 is 11.8 Å². The lowest BCUT2D eigenvalue weighted by Crippen LogP contribution is -2.27. The fourth-order valence-corrected chi connectivity index (χ4v) is 3.55. The van der Waals surface area contributed by atoms with Crippen molar-refractivity contribution in [1.82, 2.24) is 29.4 Å². The average Bonchev–Trinajstić information content (AvgIpc) is 3.09. The van der Waals surface area contributed by atoms with Gasteiger partial charge in [0.2, 0.25) is 0 Å². The van der Waals surface area contributed by atoms with E-state index in [4.69, 9.17) is 0 Å². The number of hydrogen-bond acceptors (Lipinski definition) is 6. The van der Waals surface area contributed by atoms with Crippen LogP contribution in [-0.2, 0) is 11.9 Å². The zero-order valence-electron chi connectivity index (χ0n) is 15.0. The van der Waals surface area contributed by atoms with Crippen LogP contribution < -0.4 is 11.1 Å². The number of rotatable bonds is 4. The van der Waals surface area contributed by atoms with Crippen LogP contribution in [0.1, 0.15) is 11.1 Å². The highest BCUT2D eigenvalue weighted by molar-refractivity contribution is 7.98. The van der Waals surface area contributed by atoms with E-state index in [0.717, 1.165) is 45.5 Å². The Morgan fingerprint density at radius 1 is 1.10 bits per heavy atom. The molecule has 3 heterocycles. The Morgan fingerprint density at radius 3 is 2.45 bits per heavy atom. The number of thioether (sulfide) groups is 1. The Hall–Kier alpha value is -3.55. The molecule has 4 rings (SSSR count). The molecular weight excluding hydrogens is 447 g/mol. The Kier molecular flexibility index (Phi) is 5.08. The molecule has 0 saturated heterocycles. The van der Waals surface area contributed by atoms with E-state index in [9.17, 15) is 31.5 Å². The zero-order chi connectivity index (χ0) is 22.3. The largest absolute Gasteiger partial charge is 0.416 e. The second-order valence-corrected chi connectivity index (χ2v) is 7.06. The third kappa shape index (κ3) is 3.93. The molecule has 0 amide bonds. The first-order chi connectivity index (χ1) is 14.6.